The van der Waals surface area contributed by atoms with Crippen LogP contribution in [0.1, 0.15) is 0 Å². The molecule has 51 valence electrons. The SMILES string of the molecule is CN=Nc1nn[c-]n1C.[Y]. The summed E-state index contributed by atoms with van der Waals surface area (Å²) in [5.41, 5.74) is 0. The number of azo groups is 1. The first-order valence-electron chi connectivity index (χ1n) is 2.41. The number of rotatable bonds is 1. The second kappa shape index (κ2) is 4.63. The van der Waals surface area contributed by atoms with Gasteiger partial charge in [-0.15, -0.1) is 0 Å². The van der Waals surface area contributed by atoms with Crippen molar-refractivity contribution in [3.8, 4) is 0 Å². The van der Waals surface area contributed by atoms with Crippen LogP contribution in [-0.2, 0) is 39.8 Å². The van der Waals surface area contributed by atoms with E-state index in [2.05, 4.69) is 26.8 Å². The van der Waals surface area contributed by atoms with Crippen LogP contribution >= 0.6 is 0 Å². The molecule has 1 aromatic heterocycles. The van der Waals surface area contributed by atoms with Gasteiger partial charge in [-0.3, -0.25) is 5.10 Å². The van der Waals surface area contributed by atoms with Crippen LogP contribution in [0.2, 0.25) is 0 Å². The normalized spacial score (nSPS) is 9.80. The smallest absolute Gasteiger partial charge is 0.111 e. The van der Waals surface area contributed by atoms with Gasteiger partial charge in [-0.1, -0.05) is 0 Å². The molecule has 0 N–H and O–H groups in total. The fourth-order valence-corrected chi connectivity index (χ4v) is 0.422. The molecule has 0 unspecified atom stereocenters. The second-order valence-electron chi connectivity index (χ2n) is 1.46. The quantitative estimate of drug-likeness (QED) is 0.498. The number of aryl methyl sites for hydroxylation is 1. The minimum Gasteiger partial charge on any atom is -0.463 e. The molecule has 1 rings (SSSR count). The molecule has 0 spiro atoms. The predicted molar refractivity (Wildman–Crippen MR) is 30.3 cm³/mol. The third-order valence-electron chi connectivity index (χ3n) is 0.824. The second-order valence-corrected chi connectivity index (χ2v) is 1.46. The summed E-state index contributed by atoms with van der Waals surface area (Å²) in [6.07, 6.45) is 2.56. The Labute approximate surface area is 83.8 Å². The average Bonchev–Trinajstić information content (AvgIpc) is 2.18. The molecule has 0 amide bonds. The van der Waals surface area contributed by atoms with E-state index in [0.29, 0.717) is 5.95 Å². The van der Waals surface area contributed by atoms with Crippen molar-refractivity contribution in [1.29, 1.82) is 0 Å². The molecule has 0 saturated carbocycles. The third-order valence-corrected chi connectivity index (χ3v) is 0.824. The van der Waals surface area contributed by atoms with Gasteiger partial charge in [-0.05, 0) is 13.4 Å². The summed E-state index contributed by atoms with van der Waals surface area (Å²) in [5, 5.41) is 14.2. The standard InChI is InChI=1S/C4H6N5.Y/c1-5-7-4-8-6-3-9(4)2;/h1-2H3;/q-1;. The van der Waals surface area contributed by atoms with Crippen molar-refractivity contribution in [3.63, 3.8) is 0 Å². The minimum absolute atomic E-state index is 0. The molecule has 1 radical (unpaired) electrons. The summed E-state index contributed by atoms with van der Waals surface area (Å²) >= 11 is 0. The van der Waals surface area contributed by atoms with Crippen molar-refractivity contribution in [2.24, 2.45) is 17.3 Å². The van der Waals surface area contributed by atoms with E-state index < -0.39 is 0 Å². The Bertz CT molecular complexity index is 217. The topological polar surface area (TPSA) is 55.4 Å². The van der Waals surface area contributed by atoms with Gasteiger partial charge < -0.3 is 4.57 Å². The molecule has 0 fully saturated rings. The predicted octanol–water partition coefficient (Wildman–Crippen LogP) is 0.326. The first-order chi connectivity index (χ1) is 4.34. The van der Waals surface area contributed by atoms with Crippen LogP contribution in [0.15, 0.2) is 10.2 Å². The van der Waals surface area contributed by atoms with E-state index >= 15 is 0 Å². The maximum absolute atomic E-state index is 3.65. The Balaban J connectivity index is 0.000000810. The van der Waals surface area contributed by atoms with Crippen molar-refractivity contribution >= 4 is 5.95 Å². The van der Waals surface area contributed by atoms with Gasteiger partial charge in [0.05, 0.1) is 0 Å². The summed E-state index contributed by atoms with van der Waals surface area (Å²) in [6, 6.07) is 0. The van der Waals surface area contributed by atoms with Gasteiger partial charge in [-0.25, -0.2) is 15.3 Å². The zero-order valence-electron chi connectivity index (χ0n) is 5.81. The minimum atomic E-state index is 0. The Morgan fingerprint density at radius 3 is 2.70 bits per heavy atom. The first kappa shape index (κ1) is 9.84. The largest absolute Gasteiger partial charge is 0.463 e. The zero-order chi connectivity index (χ0) is 6.69. The van der Waals surface area contributed by atoms with Crippen LogP contribution in [0.25, 0.3) is 0 Å². The number of nitrogens with zero attached hydrogens (tertiary/aromatic N) is 5. The van der Waals surface area contributed by atoms with Crippen LogP contribution in [0.4, 0.5) is 5.95 Å². The van der Waals surface area contributed by atoms with Crippen LogP contribution in [0.5, 0.6) is 0 Å². The fourth-order valence-electron chi connectivity index (χ4n) is 0.422. The van der Waals surface area contributed by atoms with Crippen molar-refractivity contribution in [3.05, 3.63) is 6.33 Å². The van der Waals surface area contributed by atoms with Crippen LogP contribution in [0, 0.1) is 6.33 Å². The first-order valence-corrected chi connectivity index (χ1v) is 2.41. The summed E-state index contributed by atoms with van der Waals surface area (Å²) in [4.78, 5) is 0. The molecule has 0 aliphatic rings. The van der Waals surface area contributed by atoms with E-state index in [-0.39, 0.29) is 32.7 Å². The fraction of sp³-hybridized carbons (Fsp3) is 0.500. The number of aromatic nitrogens is 3. The molecule has 6 heteroatoms. The van der Waals surface area contributed by atoms with Crippen molar-refractivity contribution in [1.82, 2.24) is 14.8 Å². The van der Waals surface area contributed by atoms with Crippen molar-refractivity contribution in [2.45, 2.75) is 0 Å². The van der Waals surface area contributed by atoms with Crippen LogP contribution in [0.3, 0.4) is 0 Å². The molecule has 0 aliphatic heterocycles. The maximum atomic E-state index is 3.65. The molecule has 10 heavy (non-hydrogen) atoms. The van der Waals surface area contributed by atoms with E-state index in [1.165, 1.54) is 0 Å². The summed E-state index contributed by atoms with van der Waals surface area (Å²) in [6.45, 7) is 0. The maximum Gasteiger partial charge on any atom is 0.111 e. The summed E-state index contributed by atoms with van der Waals surface area (Å²) in [5.74, 6) is 0.470. The Hall–Kier alpha value is -0.156. The average molecular weight is 213 g/mol. The van der Waals surface area contributed by atoms with Crippen molar-refractivity contribution in [2.75, 3.05) is 7.05 Å². The molecule has 0 atom stereocenters. The Kier molecular flexibility index (Phi) is 4.56. The summed E-state index contributed by atoms with van der Waals surface area (Å²) in [7, 11) is 3.33. The molecule has 0 bridgehead atoms. The molecule has 0 aromatic carbocycles. The molecule has 5 nitrogen and oxygen atoms in total. The molecule has 1 heterocycles. The molecular weight excluding hydrogens is 207 g/mol. The van der Waals surface area contributed by atoms with Gasteiger partial charge >= 0.3 is 0 Å². The van der Waals surface area contributed by atoms with E-state index in [1.807, 2.05) is 0 Å². The third kappa shape index (κ3) is 2.23. The number of hydrogen-bond donors (Lipinski definition) is 0. The van der Waals surface area contributed by atoms with Gasteiger partial charge in [-0.2, -0.15) is 0 Å². The molecule has 0 saturated heterocycles. The van der Waals surface area contributed by atoms with E-state index in [9.17, 15) is 0 Å². The Morgan fingerprint density at radius 2 is 2.30 bits per heavy atom. The van der Waals surface area contributed by atoms with Gasteiger partial charge in [0.2, 0.25) is 0 Å². The zero-order valence-corrected chi connectivity index (χ0v) is 8.65. The van der Waals surface area contributed by atoms with Gasteiger partial charge in [0.15, 0.2) is 0 Å². The monoisotopic (exact) mass is 213 g/mol. The molecule has 0 aliphatic carbocycles. The van der Waals surface area contributed by atoms with E-state index in [0.717, 1.165) is 0 Å². The van der Waals surface area contributed by atoms with Gasteiger partial charge in [0, 0.05) is 39.8 Å². The molecule has 1 aromatic rings. The molecular formula is C4H6N5Y-. The van der Waals surface area contributed by atoms with Gasteiger partial charge in [0.25, 0.3) is 0 Å². The van der Waals surface area contributed by atoms with Crippen LogP contribution < -0.4 is 0 Å². The number of hydrogen-bond acceptors (Lipinski definition) is 4. The van der Waals surface area contributed by atoms with E-state index in [4.69, 9.17) is 0 Å². The summed E-state index contributed by atoms with van der Waals surface area (Å²) < 4.78 is 1.56. The Morgan fingerprint density at radius 1 is 1.60 bits per heavy atom. The van der Waals surface area contributed by atoms with Crippen LogP contribution in [-0.4, -0.2) is 21.8 Å². The van der Waals surface area contributed by atoms with E-state index in [1.54, 1.807) is 18.7 Å². The van der Waals surface area contributed by atoms with Gasteiger partial charge in [0.1, 0.15) is 5.95 Å². The van der Waals surface area contributed by atoms with Crippen molar-refractivity contribution < 1.29 is 32.7 Å².